The van der Waals surface area contributed by atoms with Gasteiger partial charge in [-0.2, -0.15) is 0 Å². The summed E-state index contributed by atoms with van der Waals surface area (Å²) in [5.74, 6) is 0.960. The van der Waals surface area contributed by atoms with E-state index in [1.807, 2.05) is 0 Å². The zero-order valence-electron chi connectivity index (χ0n) is 10.3. The molecule has 1 atom stereocenters. The summed E-state index contributed by atoms with van der Waals surface area (Å²) in [5, 5.41) is 0. The van der Waals surface area contributed by atoms with Gasteiger partial charge in [0.15, 0.2) is 0 Å². The van der Waals surface area contributed by atoms with Crippen LogP contribution >= 0.6 is 0 Å². The molecular formula is C13H20O2. The lowest BCUT2D eigenvalue weighted by Crippen LogP contribution is -2.10. The van der Waals surface area contributed by atoms with Crippen molar-refractivity contribution >= 4 is 0 Å². The SMILES string of the molecule is COc1cc(C)c(C)cc1C[C@@H](C)OC. The van der Waals surface area contributed by atoms with Gasteiger partial charge in [0.1, 0.15) is 5.75 Å². The quantitative estimate of drug-likeness (QED) is 0.757. The highest BCUT2D eigenvalue weighted by atomic mass is 16.5. The zero-order chi connectivity index (χ0) is 11.4. The van der Waals surface area contributed by atoms with E-state index in [1.165, 1.54) is 16.7 Å². The largest absolute Gasteiger partial charge is 0.496 e. The first kappa shape index (κ1) is 12.1. The van der Waals surface area contributed by atoms with Crippen molar-refractivity contribution < 1.29 is 9.47 Å². The summed E-state index contributed by atoms with van der Waals surface area (Å²) in [6, 6.07) is 4.27. The topological polar surface area (TPSA) is 18.5 Å². The molecule has 0 N–H and O–H groups in total. The third kappa shape index (κ3) is 2.96. The summed E-state index contributed by atoms with van der Waals surface area (Å²) in [4.78, 5) is 0. The van der Waals surface area contributed by atoms with Gasteiger partial charge in [0, 0.05) is 13.5 Å². The van der Waals surface area contributed by atoms with Crippen molar-refractivity contribution in [1.29, 1.82) is 0 Å². The van der Waals surface area contributed by atoms with E-state index < -0.39 is 0 Å². The van der Waals surface area contributed by atoms with Crippen LogP contribution in [-0.2, 0) is 11.2 Å². The van der Waals surface area contributed by atoms with Gasteiger partial charge in [-0.3, -0.25) is 0 Å². The average molecular weight is 208 g/mol. The summed E-state index contributed by atoms with van der Waals surface area (Å²) < 4.78 is 10.6. The molecule has 0 spiro atoms. The molecule has 0 saturated heterocycles. The second-order valence-corrected chi connectivity index (χ2v) is 4.00. The van der Waals surface area contributed by atoms with Crippen LogP contribution < -0.4 is 4.74 Å². The number of aryl methyl sites for hydroxylation is 2. The van der Waals surface area contributed by atoms with Crippen LogP contribution in [0.15, 0.2) is 12.1 Å². The Kier molecular flexibility index (Phi) is 4.15. The smallest absolute Gasteiger partial charge is 0.122 e. The fourth-order valence-electron chi connectivity index (χ4n) is 1.59. The number of hydrogen-bond acceptors (Lipinski definition) is 2. The van der Waals surface area contributed by atoms with E-state index in [9.17, 15) is 0 Å². The first-order valence-corrected chi connectivity index (χ1v) is 5.25. The zero-order valence-corrected chi connectivity index (χ0v) is 10.3. The highest BCUT2D eigenvalue weighted by molar-refractivity contribution is 5.42. The normalized spacial score (nSPS) is 12.6. The predicted octanol–water partition coefficient (Wildman–Crippen LogP) is 2.89. The molecule has 0 unspecified atom stereocenters. The van der Waals surface area contributed by atoms with E-state index in [2.05, 4.69) is 32.9 Å². The van der Waals surface area contributed by atoms with Crippen molar-refractivity contribution in [3.8, 4) is 5.75 Å². The van der Waals surface area contributed by atoms with Crippen molar-refractivity contribution in [2.24, 2.45) is 0 Å². The Bertz CT molecular complexity index is 332. The van der Waals surface area contributed by atoms with Crippen LogP contribution in [0.5, 0.6) is 5.75 Å². The van der Waals surface area contributed by atoms with Gasteiger partial charge < -0.3 is 9.47 Å². The second kappa shape index (κ2) is 5.17. The maximum atomic E-state index is 5.37. The molecule has 0 heterocycles. The molecule has 0 aliphatic rings. The van der Waals surface area contributed by atoms with E-state index in [0.717, 1.165) is 12.2 Å². The fraction of sp³-hybridized carbons (Fsp3) is 0.538. The lowest BCUT2D eigenvalue weighted by atomic mass is 10.0. The molecule has 0 fully saturated rings. The molecule has 1 rings (SSSR count). The Labute approximate surface area is 92.2 Å². The molecule has 0 aliphatic heterocycles. The molecular weight excluding hydrogens is 188 g/mol. The third-order valence-electron chi connectivity index (χ3n) is 2.81. The lowest BCUT2D eigenvalue weighted by Gasteiger charge is -2.15. The average Bonchev–Trinajstić information content (AvgIpc) is 2.22. The van der Waals surface area contributed by atoms with Crippen LogP contribution in [-0.4, -0.2) is 20.3 Å². The summed E-state index contributed by atoms with van der Waals surface area (Å²) >= 11 is 0. The summed E-state index contributed by atoms with van der Waals surface area (Å²) in [7, 11) is 3.45. The Balaban J connectivity index is 2.99. The van der Waals surface area contributed by atoms with Gasteiger partial charge in [0.25, 0.3) is 0 Å². The number of methoxy groups -OCH3 is 2. The number of hydrogen-bond donors (Lipinski definition) is 0. The van der Waals surface area contributed by atoms with E-state index in [0.29, 0.717) is 0 Å². The minimum absolute atomic E-state index is 0.223. The van der Waals surface area contributed by atoms with E-state index >= 15 is 0 Å². The molecule has 0 aromatic heterocycles. The van der Waals surface area contributed by atoms with Crippen LogP contribution in [0.4, 0.5) is 0 Å². The number of rotatable bonds is 4. The maximum absolute atomic E-state index is 5.37. The van der Waals surface area contributed by atoms with Crippen LogP contribution in [0.3, 0.4) is 0 Å². The van der Waals surface area contributed by atoms with Gasteiger partial charge in [-0.25, -0.2) is 0 Å². The van der Waals surface area contributed by atoms with Gasteiger partial charge >= 0.3 is 0 Å². The second-order valence-electron chi connectivity index (χ2n) is 4.00. The first-order chi connectivity index (χ1) is 7.08. The monoisotopic (exact) mass is 208 g/mol. The standard InChI is InChI=1S/C13H20O2/c1-9-6-12(8-11(3)14-4)13(15-5)7-10(9)2/h6-7,11H,8H2,1-5H3/t11-/m1/s1. The van der Waals surface area contributed by atoms with E-state index in [-0.39, 0.29) is 6.10 Å². The Morgan fingerprint density at radius 2 is 1.73 bits per heavy atom. The highest BCUT2D eigenvalue weighted by Crippen LogP contribution is 2.24. The summed E-state index contributed by atoms with van der Waals surface area (Å²) in [6.07, 6.45) is 1.11. The van der Waals surface area contributed by atoms with Gasteiger partial charge in [0.2, 0.25) is 0 Å². The van der Waals surface area contributed by atoms with Crippen LogP contribution in [0.25, 0.3) is 0 Å². The molecule has 1 aromatic carbocycles. The Morgan fingerprint density at radius 3 is 2.27 bits per heavy atom. The molecule has 0 amide bonds. The molecule has 84 valence electrons. The molecule has 0 aliphatic carbocycles. The van der Waals surface area contributed by atoms with Crippen LogP contribution in [0.2, 0.25) is 0 Å². The minimum atomic E-state index is 0.223. The van der Waals surface area contributed by atoms with Crippen molar-refractivity contribution in [3.05, 3.63) is 28.8 Å². The molecule has 0 bridgehead atoms. The molecule has 15 heavy (non-hydrogen) atoms. The molecule has 0 saturated carbocycles. The van der Waals surface area contributed by atoms with Gasteiger partial charge in [-0.15, -0.1) is 0 Å². The maximum Gasteiger partial charge on any atom is 0.122 e. The molecule has 2 nitrogen and oxygen atoms in total. The van der Waals surface area contributed by atoms with Gasteiger partial charge in [0.05, 0.1) is 13.2 Å². The van der Waals surface area contributed by atoms with E-state index in [1.54, 1.807) is 14.2 Å². The summed E-state index contributed by atoms with van der Waals surface area (Å²) in [6.45, 7) is 6.28. The predicted molar refractivity (Wildman–Crippen MR) is 62.6 cm³/mol. The molecule has 1 aromatic rings. The van der Waals surface area contributed by atoms with Crippen molar-refractivity contribution in [1.82, 2.24) is 0 Å². The van der Waals surface area contributed by atoms with Crippen molar-refractivity contribution in [2.75, 3.05) is 14.2 Å². The fourth-order valence-corrected chi connectivity index (χ4v) is 1.59. The molecule has 0 radical (unpaired) electrons. The Hall–Kier alpha value is -1.02. The number of benzene rings is 1. The highest BCUT2D eigenvalue weighted by Gasteiger charge is 2.09. The van der Waals surface area contributed by atoms with Gasteiger partial charge in [-0.05, 0) is 43.5 Å². The first-order valence-electron chi connectivity index (χ1n) is 5.25. The van der Waals surface area contributed by atoms with Crippen molar-refractivity contribution in [2.45, 2.75) is 33.3 Å². The minimum Gasteiger partial charge on any atom is -0.496 e. The lowest BCUT2D eigenvalue weighted by molar-refractivity contribution is 0.118. The van der Waals surface area contributed by atoms with Crippen molar-refractivity contribution in [3.63, 3.8) is 0 Å². The third-order valence-corrected chi connectivity index (χ3v) is 2.81. The molecule has 2 heteroatoms. The summed E-state index contributed by atoms with van der Waals surface area (Å²) in [5.41, 5.74) is 3.78. The number of ether oxygens (including phenoxy) is 2. The van der Waals surface area contributed by atoms with Gasteiger partial charge in [-0.1, -0.05) is 6.07 Å². The Morgan fingerprint density at radius 1 is 1.13 bits per heavy atom. The van der Waals surface area contributed by atoms with Crippen LogP contribution in [0.1, 0.15) is 23.6 Å². The van der Waals surface area contributed by atoms with E-state index in [4.69, 9.17) is 9.47 Å². The van der Waals surface area contributed by atoms with Crippen LogP contribution in [0, 0.1) is 13.8 Å².